The van der Waals surface area contributed by atoms with Crippen LogP contribution in [0.2, 0.25) is 0 Å². The minimum absolute atomic E-state index is 0.248. The van der Waals surface area contributed by atoms with Crippen molar-refractivity contribution < 1.29 is 4.79 Å². The molecule has 1 aromatic heterocycles. The molecule has 0 aliphatic carbocycles. The molecule has 1 fully saturated rings. The summed E-state index contributed by atoms with van der Waals surface area (Å²) in [4.78, 5) is 14.5. The van der Waals surface area contributed by atoms with Gasteiger partial charge in [0.25, 0.3) is 0 Å². The van der Waals surface area contributed by atoms with Crippen molar-refractivity contribution in [2.75, 3.05) is 26.2 Å². The van der Waals surface area contributed by atoms with Gasteiger partial charge in [-0.05, 0) is 62.4 Å². The molecule has 0 saturated carbocycles. The Hall–Kier alpha value is -1.52. The van der Waals surface area contributed by atoms with E-state index in [9.17, 15) is 4.79 Å². The Balaban J connectivity index is 2.11. The van der Waals surface area contributed by atoms with Crippen molar-refractivity contribution in [3.05, 3.63) is 40.7 Å². The van der Waals surface area contributed by atoms with E-state index in [1.807, 2.05) is 20.0 Å². The van der Waals surface area contributed by atoms with Gasteiger partial charge in [-0.25, -0.2) is 0 Å². The molecule has 1 aliphatic heterocycles. The molecule has 26 heavy (non-hydrogen) atoms. The van der Waals surface area contributed by atoms with Gasteiger partial charge in [0, 0.05) is 43.5 Å². The zero-order valence-corrected chi connectivity index (χ0v) is 17.1. The van der Waals surface area contributed by atoms with E-state index in [2.05, 4.69) is 34.5 Å². The summed E-state index contributed by atoms with van der Waals surface area (Å²) < 4.78 is 2.12. The first-order valence-corrected chi connectivity index (χ1v) is 9.97. The smallest absolute Gasteiger partial charge is 0.222 e. The fourth-order valence-electron chi connectivity index (χ4n) is 3.59. The van der Waals surface area contributed by atoms with Crippen LogP contribution in [0, 0.1) is 12.8 Å². The SMILES string of the molecule is C=C/C(Cl)=C\c1c(CCN(CC2CCNCC2)C(=O)CC)cn(C)c1C. The van der Waals surface area contributed by atoms with Crippen LogP contribution in [0.3, 0.4) is 0 Å². The number of rotatable bonds is 8. The van der Waals surface area contributed by atoms with Crippen molar-refractivity contribution in [1.29, 1.82) is 0 Å². The van der Waals surface area contributed by atoms with Gasteiger partial charge in [0.1, 0.15) is 0 Å². The van der Waals surface area contributed by atoms with E-state index in [0.717, 1.165) is 51.0 Å². The molecule has 2 rings (SSSR count). The fourth-order valence-corrected chi connectivity index (χ4v) is 3.70. The van der Waals surface area contributed by atoms with Crippen molar-refractivity contribution in [3.63, 3.8) is 0 Å². The Morgan fingerprint density at radius 2 is 2.15 bits per heavy atom. The molecule has 1 saturated heterocycles. The summed E-state index contributed by atoms with van der Waals surface area (Å²) in [7, 11) is 2.04. The summed E-state index contributed by atoms with van der Waals surface area (Å²) in [5, 5.41) is 4.03. The third kappa shape index (κ3) is 5.49. The Bertz CT molecular complexity index is 656. The number of allylic oxidation sites excluding steroid dienone is 2. The van der Waals surface area contributed by atoms with E-state index in [1.54, 1.807) is 6.08 Å². The summed E-state index contributed by atoms with van der Waals surface area (Å²) in [5.74, 6) is 0.858. The first-order valence-electron chi connectivity index (χ1n) is 9.59. The quantitative estimate of drug-likeness (QED) is 0.698. The molecule has 1 aliphatic rings. The van der Waals surface area contributed by atoms with Crippen molar-refractivity contribution in [1.82, 2.24) is 14.8 Å². The lowest BCUT2D eigenvalue weighted by Crippen LogP contribution is -2.40. The van der Waals surface area contributed by atoms with E-state index < -0.39 is 0 Å². The molecule has 1 amide bonds. The first kappa shape index (κ1) is 20.8. The van der Waals surface area contributed by atoms with Crippen LogP contribution in [-0.4, -0.2) is 41.6 Å². The number of amides is 1. The number of halogens is 1. The Morgan fingerprint density at radius 1 is 1.46 bits per heavy atom. The molecule has 1 N–H and O–H groups in total. The van der Waals surface area contributed by atoms with Crippen LogP contribution in [0.25, 0.3) is 6.08 Å². The molecule has 5 heteroatoms. The largest absolute Gasteiger partial charge is 0.354 e. The molecule has 0 radical (unpaired) electrons. The van der Waals surface area contributed by atoms with Gasteiger partial charge in [0.15, 0.2) is 0 Å². The minimum atomic E-state index is 0.248. The zero-order valence-electron chi connectivity index (χ0n) is 16.4. The van der Waals surface area contributed by atoms with Crippen LogP contribution in [0.1, 0.15) is 43.0 Å². The maximum Gasteiger partial charge on any atom is 0.222 e. The third-order valence-electron chi connectivity index (χ3n) is 5.34. The predicted octanol–water partition coefficient (Wildman–Crippen LogP) is 3.88. The van der Waals surface area contributed by atoms with Crippen LogP contribution in [0.4, 0.5) is 0 Å². The van der Waals surface area contributed by atoms with Gasteiger partial charge in [-0.2, -0.15) is 0 Å². The summed E-state index contributed by atoms with van der Waals surface area (Å²) in [5.41, 5.74) is 3.54. The van der Waals surface area contributed by atoms with Crippen molar-refractivity contribution >= 4 is 23.6 Å². The van der Waals surface area contributed by atoms with Crippen molar-refractivity contribution in [3.8, 4) is 0 Å². The predicted molar refractivity (Wildman–Crippen MR) is 110 cm³/mol. The topological polar surface area (TPSA) is 37.3 Å². The van der Waals surface area contributed by atoms with E-state index in [-0.39, 0.29) is 5.91 Å². The number of carbonyl (C=O) groups is 1. The van der Waals surface area contributed by atoms with Crippen LogP contribution in [-0.2, 0) is 18.3 Å². The molecule has 4 nitrogen and oxygen atoms in total. The molecule has 0 bridgehead atoms. The molecular formula is C21H32ClN3O. The van der Waals surface area contributed by atoms with E-state index in [4.69, 9.17) is 11.6 Å². The van der Waals surface area contributed by atoms with E-state index in [1.165, 1.54) is 11.3 Å². The second-order valence-electron chi connectivity index (χ2n) is 7.13. The highest BCUT2D eigenvalue weighted by molar-refractivity contribution is 6.33. The molecular weight excluding hydrogens is 346 g/mol. The van der Waals surface area contributed by atoms with Crippen LogP contribution in [0.15, 0.2) is 23.9 Å². The molecule has 1 aromatic rings. The number of aryl methyl sites for hydroxylation is 1. The lowest BCUT2D eigenvalue weighted by Gasteiger charge is -2.30. The molecule has 0 spiro atoms. The molecule has 144 valence electrons. The first-order chi connectivity index (χ1) is 12.5. The van der Waals surface area contributed by atoms with Gasteiger partial charge < -0.3 is 14.8 Å². The van der Waals surface area contributed by atoms with Crippen molar-refractivity contribution in [2.45, 2.75) is 39.5 Å². The van der Waals surface area contributed by atoms with Gasteiger partial charge >= 0.3 is 0 Å². The van der Waals surface area contributed by atoms with Crippen LogP contribution in [0.5, 0.6) is 0 Å². The normalized spacial score (nSPS) is 15.9. The van der Waals surface area contributed by atoms with Gasteiger partial charge in [-0.3, -0.25) is 4.79 Å². The number of nitrogens with zero attached hydrogens (tertiary/aromatic N) is 2. The Kier molecular flexibility index (Phi) is 7.98. The number of carbonyl (C=O) groups excluding carboxylic acids is 1. The van der Waals surface area contributed by atoms with Gasteiger partial charge in [0.2, 0.25) is 5.91 Å². The minimum Gasteiger partial charge on any atom is -0.354 e. The fraction of sp³-hybridized carbons (Fsp3) is 0.571. The summed E-state index contributed by atoms with van der Waals surface area (Å²) in [6.45, 7) is 11.5. The highest BCUT2D eigenvalue weighted by Gasteiger charge is 2.20. The average Bonchev–Trinajstić information content (AvgIpc) is 2.92. The average molecular weight is 378 g/mol. The number of hydrogen-bond donors (Lipinski definition) is 1. The second kappa shape index (κ2) is 9.98. The van der Waals surface area contributed by atoms with E-state index in [0.29, 0.717) is 17.4 Å². The maximum atomic E-state index is 12.4. The lowest BCUT2D eigenvalue weighted by molar-refractivity contribution is -0.131. The molecule has 2 heterocycles. The van der Waals surface area contributed by atoms with Gasteiger partial charge in [0.05, 0.1) is 0 Å². The van der Waals surface area contributed by atoms with Crippen LogP contribution < -0.4 is 5.32 Å². The second-order valence-corrected chi connectivity index (χ2v) is 7.57. The summed E-state index contributed by atoms with van der Waals surface area (Å²) in [6, 6.07) is 0. The maximum absolute atomic E-state index is 12.4. The van der Waals surface area contributed by atoms with Crippen LogP contribution >= 0.6 is 11.6 Å². The molecule has 0 atom stereocenters. The number of piperidine rings is 1. The number of nitrogens with one attached hydrogen (secondary N) is 1. The van der Waals surface area contributed by atoms with E-state index >= 15 is 0 Å². The summed E-state index contributed by atoms with van der Waals surface area (Å²) >= 11 is 6.18. The molecule has 0 aromatic carbocycles. The molecule has 0 unspecified atom stereocenters. The summed E-state index contributed by atoms with van der Waals surface area (Å²) in [6.07, 6.45) is 9.48. The highest BCUT2D eigenvalue weighted by Crippen LogP contribution is 2.23. The monoisotopic (exact) mass is 377 g/mol. The zero-order chi connectivity index (χ0) is 19.1. The van der Waals surface area contributed by atoms with Gasteiger partial charge in [-0.15, -0.1) is 0 Å². The third-order valence-corrected chi connectivity index (χ3v) is 5.60. The Labute approximate surface area is 162 Å². The Morgan fingerprint density at radius 3 is 2.77 bits per heavy atom. The van der Waals surface area contributed by atoms with Crippen molar-refractivity contribution in [2.24, 2.45) is 13.0 Å². The number of aromatic nitrogens is 1. The number of hydrogen-bond acceptors (Lipinski definition) is 2. The standard InChI is InChI=1S/C21H32ClN3O/c1-5-19(22)13-20-16(3)24(4)15-18(20)9-12-25(21(26)6-2)14-17-7-10-23-11-8-17/h5,13,15,17,23H,1,6-12,14H2,2-4H3/b19-13+. The highest BCUT2D eigenvalue weighted by atomic mass is 35.5. The lowest BCUT2D eigenvalue weighted by atomic mass is 9.97. The van der Waals surface area contributed by atoms with Gasteiger partial charge in [-0.1, -0.05) is 31.2 Å².